The third-order valence-corrected chi connectivity index (χ3v) is 5.13. The first-order valence-electron chi connectivity index (χ1n) is 8.74. The van der Waals surface area contributed by atoms with Crippen molar-refractivity contribution < 1.29 is 9.90 Å². The van der Waals surface area contributed by atoms with Crippen molar-refractivity contribution in [1.29, 1.82) is 5.26 Å². The van der Waals surface area contributed by atoms with Crippen molar-refractivity contribution in [3.8, 4) is 11.8 Å². The minimum Gasteiger partial charge on any atom is -0.476 e. The Hall–Kier alpha value is -3.40. The number of carboxylic acid groups (broad SMARTS) is 1. The van der Waals surface area contributed by atoms with Crippen LogP contribution in [0.15, 0.2) is 41.2 Å². The number of halogens is 2. The Kier molecular flexibility index (Phi) is 6.06. The lowest BCUT2D eigenvalue weighted by atomic mass is 10.1. The highest BCUT2D eigenvalue weighted by Gasteiger charge is 2.21. The van der Waals surface area contributed by atoms with E-state index >= 15 is 0 Å². The molecular formula is C22H15Cl2N3O3. The van der Waals surface area contributed by atoms with Crippen LogP contribution in [0.4, 0.5) is 0 Å². The van der Waals surface area contributed by atoms with Gasteiger partial charge < -0.3 is 5.11 Å². The number of benzene rings is 2. The first kappa shape index (κ1) is 21.3. The van der Waals surface area contributed by atoms with Crippen molar-refractivity contribution in [2.24, 2.45) is 0 Å². The van der Waals surface area contributed by atoms with Gasteiger partial charge in [0, 0.05) is 15.6 Å². The molecule has 1 N–H and O–H groups in total. The van der Waals surface area contributed by atoms with Gasteiger partial charge in [-0.25, -0.2) is 4.79 Å². The monoisotopic (exact) mass is 439 g/mol. The van der Waals surface area contributed by atoms with Gasteiger partial charge in [-0.15, -0.1) is 0 Å². The highest BCUT2D eigenvalue weighted by molar-refractivity contribution is 6.35. The van der Waals surface area contributed by atoms with Gasteiger partial charge in [-0.2, -0.15) is 15.0 Å². The molecule has 0 amide bonds. The molecule has 0 saturated carbocycles. The number of carbonyl (C=O) groups is 1. The van der Waals surface area contributed by atoms with Crippen LogP contribution in [0, 0.1) is 25.2 Å². The maximum Gasteiger partial charge on any atom is 0.357 e. The summed E-state index contributed by atoms with van der Waals surface area (Å²) in [5.41, 5.74) is 1.25. The van der Waals surface area contributed by atoms with Crippen LogP contribution in [0.3, 0.4) is 0 Å². The summed E-state index contributed by atoms with van der Waals surface area (Å²) in [4.78, 5) is 24.8. The Labute approximate surface area is 182 Å². The van der Waals surface area contributed by atoms with Gasteiger partial charge in [-0.3, -0.25) is 4.79 Å². The molecule has 6 nitrogen and oxygen atoms in total. The van der Waals surface area contributed by atoms with Crippen LogP contribution in [0.25, 0.3) is 17.8 Å². The van der Waals surface area contributed by atoms with Crippen molar-refractivity contribution in [3.05, 3.63) is 90.3 Å². The zero-order chi connectivity index (χ0) is 22.0. The van der Waals surface area contributed by atoms with Crippen LogP contribution in [0.1, 0.15) is 38.3 Å². The molecule has 0 unspecified atom stereocenters. The van der Waals surface area contributed by atoms with Crippen LogP contribution in [-0.2, 0) is 0 Å². The highest BCUT2D eigenvalue weighted by atomic mass is 35.5. The second-order valence-corrected chi connectivity index (χ2v) is 7.38. The van der Waals surface area contributed by atoms with Gasteiger partial charge in [0.1, 0.15) is 11.6 Å². The standard InChI is InChI=1S/C22H15Cl2N3O3/c1-12-3-7-16(9-13(12)2)27-21(28)18(11-25)17(20(26-27)22(29)30)8-5-14-4-6-15(23)10-19(14)24/h3-10H,1-2H3,(H,29,30)/b8-5-. The molecule has 3 rings (SSSR count). The summed E-state index contributed by atoms with van der Waals surface area (Å²) in [7, 11) is 0. The van der Waals surface area contributed by atoms with E-state index in [0.717, 1.165) is 15.8 Å². The Morgan fingerprint density at radius 2 is 1.87 bits per heavy atom. The van der Waals surface area contributed by atoms with Crippen molar-refractivity contribution in [2.45, 2.75) is 13.8 Å². The van der Waals surface area contributed by atoms with E-state index in [9.17, 15) is 20.0 Å². The van der Waals surface area contributed by atoms with Crippen LogP contribution < -0.4 is 5.56 Å². The van der Waals surface area contributed by atoms with E-state index in [1.807, 2.05) is 19.9 Å². The molecule has 1 aromatic heterocycles. The third kappa shape index (κ3) is 4.13. The average molecular weight is 440 g/mol. The van der Waals surface area contributed by atoms with E-state index in [0.29, 0.717) is 21.3 Å². The molecule has 0 spiro atoms. The van der Waals surface area contributed by atoms with E-state index < -0.39 is 17.2 Å². The molecule has 0 aliphatic carbocycles. The number of rotatable bonds is 4. The molecule has 0 radical (unpaired) electrons. The van der Waals surface area contributed by atoms with Gasteiger partial charge in [0.05, 0.1) is 5.69 Å². The average Bonchev–Trinajstić information content (AvgIpc) is 2.69. The van der Waals surface area contributed by atoms with E-state index in [2.05, 4.69) is 5.10 Å². The van der Waals surface area contributed by atoms with Crippen LogP contribution in [-0.4, -0.2) is 20.9 Å². The number of aryl methyl sites for hydroxylation is 2. The van der Waals surface area contributed by atoms with E-state index in [1.165, 1.54) is 18.2 Å². The number of carboxylic acids is 1. The predicted octanol–water partition coefficient (Wildman–Crippen LogP) is 4.90. The number of hydrogen-bond acceptors (Lipinski definition) is 4. The molecule has 0 bridgehead atoms. The van der Waals surface area contributed by atoms with Gasteiger partial charge in [-0.1, -0.05) is 47.5 Å². The van der Waals surface area contributed by atoms with Crippen molar-refractivity contribution in [1.82, 2.24) is 9.78 Å². The second kappa shape index (κ2) is 8.54. The summed E-state index contributed by atoms with van der Waals surface area (Å²) in [5.74, 6) is -1.37. The number of aromatic nitrogens is 2. The molecule has 0 fully saturated rings. The van der Waals surface area contributed by atoms with Crippen molar-refractivity contribution in [2.75, 3.05) is 0 Å². The Morgan fingerprint density at radius 3 is 2.47 bits per heavy atom. The van der Waals surface area contributed by atoms with Crippen LogP contribution in [0.2, 0.25) is 10.0 Å². The summed E-state index contributed by atoms with van der Waals surface area (Å²) in [5, 5.41) is 24.1. The Morgan fingerprint density at radius 1 is 1.13 bits per heavy atom. The molecule has 8 heteroatoms. The van der Waals surface area contributed by atoms with Gasteiger partial charge in [0.15, 0.2) is 5.69 Å². The molecule has 2 aromatic carbocycles. The number of nitriles is 1. The van der Waals surface area contributed by atoms with E-state index in [1.54, 1.807) is 30.3 Å². The van der Waals surface area contributed by atoms with Gasteiger partial charge in [0.2, 0.25) is 0 Å². The van der Waals surface area contributed by atoms with Gasteiger partial charge >= 0.3 is 5.97 Å². The third-order valence-electron chi connectivity index (χ3n) is 4.57. The SMILES string of the molecule is Cc1ccc(-n2nc(C(=O)O)c(/C=C\c3ccc(Cl)cc3Cl)c(C#N)c2=O)cc1C. The molecule has 0 atom stereocenters. The number of nitrogens with zero attached hydrogens (tertiary/aromatic N) is 3. The first-order valence-corrected chi connectivity index (χ1v) is 9.50. The summed E-state index contributed by atoms with van der Waals surface area (Å²) >= 11 is 12.0. The summed E-state index contributed by atoms with van der Waals surface area (Å²) in [6.07, 6.45) is 2.85. The largest absolute Gasteiger partial charge is 0.476 e. The Balaban J connectivity index is 2.23. The molecule has 150 valence electrons. The van der Waals surface area contributed by atoms with Gasteiger partial charge in [0.25, 0.3) is 5.56 Å². The van der Waals surface area contributed by atoms with Crippen LogP contribution >= 0.6 is 23.2 Å². The van der Waals surface area contributed by atoms with Crippen molar-refractivity contribution >= 4 is 41.3 Å². The van der Waals surface area contributed by atoms with Crippen molar-refractivity contribution in [3.63, 3.8) is 0 Å². The zero-order valence-electron chi connectivity index (χ0n) is 16.0. The summed E-state index contributed by atoms with van der Waals surface area (Å²) in [6.45, 7) is 3.77. The maximum absolute atomic E-state index is 12.9. The molecular weight excluding hydrogens is 425 g/mol. The molecule has 1 heterocycles. The van der Waals surface area contributed by atoms with E-state index in [4.69, 9.17) is 23.2 Å². The number of aromatic carboxylic acids is 1. The lowest BCUT2D eigenvalue weighted by Gasteiger charge is -2.11. The maximum atomic E-state index is 12.9. The second-order valence-electron chi connectivity index (χ2n) is 6.54. The quantitative estimate of drug-likeness (QED) is 0.623. The Bertz CT molecular complexity index is 1300. The fourth-order valence-corrected chi connectivity index (χ4v) is 3.28. The predicted molar refractivity (Wildman–Crippen MR) is 116 cm³/mol. The topological polar surface area (TPSA) is 96.0 Å². The minimum atomic E-state index is -1.37. The summed E-state index contributed by atoms with van der Waals surface area (Å²) < 4.78 is 0.932. The van der Waals surface area contributed by atoms with Crippen LogP contribution in [0.5, 0.6) is 0 Å². The smallest absolute Gasteiger partial charge is 0.357 e. The lowest BCUT2D eigenvalue weighted by Crippen LogP contribution is -2.28. The molecule has 0 aliphatic rings. The normalized spacial score (nSPS) is 10.9. The fraction of sp³-hybridized carbons (Fsp3) is 0.0909. The molecule has 30 heavy (non-hydrogen) atoms. The summed E-state index contributed by atoms with van der Waals surface area (Å²) in [6, 6.07) is 11.7. The van der Waals surface area contributed by atoms with Gasteiger partial charge in [-0.05, 0) is 54.8 Å². The minimum absolute atomic E-state index is 0.0962. The zero-order valence-corrected chi connectivity index (χ0v) is 17.5. The molecule has 3 aromatic rings. The highest BCUT2D eigenvalue weighted by Crippen LogP contribution is 2.24. The fourth-order valence-electron chi connectivity index (χ4n) is 2.81. The molecule has 0 saturated heterocycles. The molecule has 0 aliphatic heterocycles. The lowest BCUT2D eigenvalue weighted by molar-refractivity contribution is 0.0688. The van der Waals surface area contributed by atoms with E-state index in [-0.39, 0.29) is 11.1 Å². The number of hydrogen-bond donors (Lipinski definition) is 1. The first-order chi connectivity index (χ1) is 14.2.